The monoisotopic (exact) mass is 529 g/mol. The van der Waals surface area contributed by atoms with Crippen LogP contribution < -0.4 is 5.32 Å². The van der Waals surface area contributed by atoms with E-state index in [-0.39, 0.29) is 11.4 Å². The first-order chi connectivity index (χ1) is 16.7. The maximum Gasteiger partial charge on any atom is 0.243 e. The van der Waals surface area contributed by atoms with Crippen LogP contribution in [0.25, 0.3) is 11.3 Å². The molecule has 0 fully saturated rings. The molecule has 0 aliphatic rings. The predicted molar refractivity (Wildman–Crippen MR) is 136 cm³/mol. The van der Waals surface area contributed by atoms with E-state index in [1.807, 2.05) is 18.4 Å². The Balaban J connectivity index is 1.57. The van der Waals surface area contributed by atoms with Gasteiger partial charge in [-0.05, 0) is 61.0 Å². The van der Waals surface area contributed by atoms with E-state index in [2.05, 4.69) is 10.3 Å². The van der Waals surface area contributed by atoms with Crippen LogP contribution in [0.3, 0.4) is 0 Å². The number of nitrogens with zero attached hydrogens (tertiary/aromatic N) is 2. The predicted octanol–water partition coefficient (Wildman–Crippen LogP) is 5.74. The van der Waals surface area contributed by atoms with Gasteiger partial charge >= 0.3 is 0 Å². The molecular weight excluding hydrogens is 509 g/mol. The summed E-state index contributed by atoms with van der Waals surface area (Å²) in [7, 11) is -4.05. The molecule has 4 aromatic rings. The first-order valence-electron chi connectivity index (χ1n) is 10.5. The fourth-order valence-corrected chi connectivity index (χ4v) is 5.52. The van der Waals surface area contributed by atoms with Crippen LogP contribution in [0.5, 0.6) is 0 Å². The second kappa shape index (κ2) is 10.7. The summed E-state index contributed by atoms with van der Waals surface area (Å²) >= 11 is 7.43. The molecule has 0 unspecified atom stereocenters. The smallest absolute Gasteiger partial charge is 0.243 e. The molecule has 3 aromatic carbocycles. The summed E-state index contributed by atoms with van der Waals surface area (Å²) in [6, 6.07) is 18.3. The number of hydrogen-bond donors (Lipinski definition) is 1. The lowest BCUT2D eigenvalue weighted by molar-refractivity contribution is -0.116. The molecule has 35 heavy (non-hydrogen) atoms. The third-order valence-electron chi connectivity index (χ3n) is 5.10. The van der Waals surface area contributed by atoms with Crippen molar-refractivity contribution in [3.05, 3.63) is 99.6 Å². The van der Waals surface area contributed by atoms with E-state index in [0.29, 0.717) is 16.3 Å². The van der Waals surface area contributed by atoms with Crippen molar-refractivity contribution in [3.8, 4) is 11.3 Å². The average Bonchev–Trinajstić information content (AvgIpc) is 3.27. The van der Waals surface area contributed by atoms with Crippen molar-refractivity contribution in [2.24, 2.45) is 0 Å². The second-order valence-corrected chi connectivity index (χ2v) is 11.2. The summed E-state index contributed by atoms with van der Waals surface area (Å²) in [5.41, 5.74) is 2.69. The molecule has 4 rings (SSSR count). The zero-order valence-corrected chi connectivity index (χ0v) is 21.0. The van der Waals surface area contributed by atoms with Crippen molar-refractivity contribution < 1.29 is 17.6 Å². The fraction of sp³-hybridized carbons (Fsp3) is 0.120. The molecule has 0 atom stereocenters. The molecule has 0 spiro atoms. The Kier molecular flexibility index (Phi) is 7.61. The number of carbonyl (C=O) groups is 1. The number of nitrogens with one attached hydrogen (secondary N) is 1. The van der Waals surface area contributed by atoms with Crippen LogP contribution in [-0.4, -0.2) is 30.2 Å². The number of carbonyl (C=O) groups excluding carboxylic acids is 1. The molecule has 1 aromatic heterocycles. The average molecular weight is 530 g/mol. The maximum absolute atomic E-state index is 13.4. The molecule has 180 valence electrons. The van der Waals surface area contributed by atoms with Gasteiger partial charge < -0.3 is 5.32 Å². The molecule has 6 nitrogen and oxygen atoms in total. The molecular formula is C25H21ClFN3O3S2. The summed E-state index contributed by atoms with van der Waals surface area (Å²) in [6.07, 6.45) is 0. The van der Waals surface area contributed by atoms with E-state index in [4.69, 9.17) is 11.6 Å². The van der Waals surface area contributed by atoms with Crippen molar-refractivity contribution in [1.29, 1.82) is 0 Å². The van der Waals surface area contributed by atoms with Crippen molar-refractivity contribution in [3.63, 3.8) is 0 Å². The number of sulfonamides is 1. The lowest BCUT2D eigenvalue weighted by Crippen LogP contribution is -2.37. The zero-order chi connectivity index (χ0) is 25.0. The Morgan fingerprint density at radius 1 is 1.09 bits per heavy atom. The lowest BCUT2D eigenvalue weighted by atomic mass is 10.1. The van der Waals surface area contributed by atoms with E-state index in [0.717, 1.165) is 20.6 Å². The van der Waals surface area contributed by atoms with Gasteiger partial charge in [0, 0.05) is 28.2 Å². The molecule has 10 heteroatoms. The Labute approximate surface area is 212 Å². The van der Waals surface area contributed by atoms with Crippen LogP contribution in [0.2, 0.25) is 5.02 Å². The van der Waals surface area contributed by atoms with Crippen molar-refractivity contribution in [2.45, 2.75) is 18.4 Å². The third kappa shape index (κ3) is 6.32. The molecule has 0 aliphatic carbocycles. The highest BCUT2D eigenvalue weighted by atomic mass is 35.5. The fourth-order valence-electron chi connectivity index (χ4n) is 3.39. The SMILES string of the molecule is Cc1nc(-c2cccc(NC(=O)CN(Cc3ccc(F)cc3)S(=O)(=O)c3ccc(Cl)cc3)c2)cs1. The van der Waals surface area contributed by atoms with Crippen molar-refractivity contribution in [2.75, 3.05) is 11.9 Å². The Bertz CT molecular complexity index is 1440. The highest BCUT2D eigenvalue weighted by molar-refractivity contribution is 7.89. The number of aryl methyl sites for hydroxylation is 1. The van der Waals surface area contributed by atoms with E-state index in [1.165, 1.54) is 59.9 Å². The minimum absolute atomic E-state index is 0.00212. The van der Waals surface area contributed by atoms with Crippen LogP contribution >= 0.6 is 22.9 Å². The largest absolute Gasteiger partial charge is 0.325 e. The highest BCUT2D eigenvalue weighted by Crippen LogP contribution is 2.25. The minimum Gasteiger partial charge on any atom is -0.325 e. The topological polar surface area (TPSA) is 79.4 Å². The number of amides is 1. The van der Waals surface area contributed by atoms with Crippen LogP contribution in [0.4, 0.5) is 10.1 Å². The molecule has 0 radical (unpaired) electrons. The molecule has 1 heterocycles. The number of aromatic nitrogens is 1. The number of rotatable bonds is 8. The van der Waals surface area contributed by atoms with E-state index in [9.17, 15) is 17.6 Å². The first kappa shape index (κ1) is 25.0. The van der Waals surface area contributed by atoms with Gasteiger partial charge in [0.05, 0.1) is 22.1 Å². The van der Waals surface area contributed by atoms with Gasteiger partial charge in [-0.2, -0.15) is 4.31 Å². The summed E-state index contributed by atoms with van der Waals surface area (Å²) in [6.45, 7) is 1.36. The Hall–Kier alpha value is -3.11. The van der Waals surface area contributed by atoms with E-state index >= 15 is 0 Å². The van der Waals surface area contributed by atoms with Crippen LogP contribution in [0.1, 0.15) is 10.6 Å². The van der Waals surface area contributed by atoms with E-state index in [1.54, 1.807) is 18.2 Å². The van der Waals surface area contributed by atoms with Crippen LogP contribution in [0.15, 0.2) is 83.1 Å². The van der Waals surface area contributed by atoms with Crippen LogP contribution in [0, 0.1) is 12.7 Å². The van der Waals surface area contributed by atoms with Gasteiger partial charge in [0.25, 0.3) is 0 Å². The summed E-state index contributed by atoms with van der Waals surface area (Å²) in [5.74, 6) is -0.954. The van der Waals surface area contributed by atoms with Gasteiger partial charge in [0.15, 0.2) is 0 Å². The second-order valence-electron chi connectivity index (χ2n) is 7.73. The van der Waals surface area contributed by atoms with Gasteiger partial charge in [0.1, 0.15) is 5.82 Å². The summed E-state index contributed by atoms with van der Waals surface area (Å²) < 4.78 is 41.1. The standard InChI is InChI=1S/C25H21ClFN3O3S2/c1-17-28-24(16-34-17)19-3-2-4-22(13-19)29-25(31)15-30(14-18-5-9-21(27)10-6-18)35(32,33)23-11-7-20(26)8-12-23/h2-13,16H,14-15H2,1H3,(H,29,31). The van der Waals surface area contributed by atoms with Gasteiger partial charge in [0.2, 0.25) is 15.9 Å². The lowest BCUT2D eigenvalue weighted by Gasteiger charge is -2.22. The number of thiazole rings is 1. The highest BCUT2D eigenvalue weighted by Gasteiger charge is 2.27. The maximum atomic E-state index is 13.4. The number of benzene rings is 3. The van der Waals surface area contributed by atoms with E-state index < -0.39 is 28.3 Å². The summed E-state index contributed by atoms with van der Waals surface area (Å²) in [4.78, 5) is 17.4. The number of hydrogen-bond acceptors (Lipinski definition) is 5. The van der Waals surface area contributed by atoms with Crippen LogP contribution in [-0.2, 0) is 21.4 Å². The molecule has 0 saturated carbocycles. The Morgan fingerprint density at radius 2 is 1.80 bits per heavy atom. The molecule has 0 aliphatic heterocycles. The molecule has 1 N–H and O–H groups in total. The number of anilines is 1. The molecule has 1 amide bonds. The Morgan fingerprint density at radius 3 is 2.46 bits per heavy atom. The zero-order valence-electron chi connectivity index (χ0n) is 18.6. The quantitative estimate of drug-likeness (QED) is 0.315. The minimum atomic E-state index is -4.05. The molecule has 0 bridgehead atoms. The number of halogens is 2. The normalized spacial score (nSPS) is 11.5. The first-order valence-corrected chi connectivity index (χ1v) is 13.2. The molecule has 0 saturated heterocycles. The van der Waals surface area contributed by atoms with Gasteiger partial charge in [-0.1, -0.05) is 35.9 Å². The van der Waals surface area contributed by atoms with Gasteiger partial charge in [-0.15, -0.1) is 11.3 Å². The van der Waals surface area contributed by atoms with Crippen molar-refractivity contribution in [1.82, 2.24) is 9.29 Å². The van der Waals surface area contributed by atoms with Gasteiger partial charge in [-0.25, -0.2) is 17.8 Å². The third-order valence-corrected chi connectivity index (χ3v) is 7.94. The van der Waals surface area contributed by atoms with Crippen molar-refractivity contribution >= 4 is 44.6 Å². The van der Waals surface area contributed by atoms with Gasteiger partial charge in [-0.3, -0.25) is 4.79 Å². The summed E-state index contributed by atoms with van der Waals surface area (Å²) in [5, 5.41) is 6.02.